The SMILES string of the molecule is Nc1ccc(NCC#Cc2cc(O)c3nc(N)sc3c2)c(F)c1. The molecule has 0 aliphatic heterocycles. The molecule has 0 amide bonds. The molecule has 0 aliphatic rings. The molecule has 0 unspecified atom stereocenters. The molecule has 23 heavy (non-hydrogen) atoms. The molecule has 0 bridgehead atoms. The number of rotatable bonds is 2. The minimum atomic E-state index is -0.425. The summed E-state index contributed by atoms with van der Waals surface area (Å²) < 4.78 is 14.4. The number of anilines is 3. The lowest BCUT2D eigenvalue weighted by molar-refractivity contribution is 0.480. The maximum atomic E-state index is 13.6. The van der Waals surface area contributed by atoms with Crippen molar-refractivity contribution in [1.82, 2.24) is 4.98 Å². The van der Waals surface area contributed by atoms with Gasteiger partial charge in [0.25, 0.3) is 0 Å². The molecule has 0 aliphatic carbocycles. The summed E-state index contributed by atoms with van der Waals surface area (Å²) in [5.74, 6) is 5.39. The van der Waals surface area contributed by atoms with Crippen LogP contribution in [0.5, 0.6) is 5.75 Å². The number of halogens is 1. The number of fused-ring (bicyclic) bond motifs is 1. The predicted molar refractivity (Wildman–Crippen MR) is 91.9 cm³/mol. The van der Waals surface area contributed by atoms with Crippen LogP contribution in [0.4, 0.5) is 20.9 Å². The number of nitrogens with one attached hydrogen (secondary N) is 1. The van der Waals surface area contributed by atoms with E-state index in [1.165, 1.54) is 23.5 Å². The lowest BCUT2D eigenvalue weighted by Gasteiger charge is -2.04. The Kier molecular flexibility index (Phi) is 3.91. The first-order valence-electron chi connectivity index (χ1n) is 6.70. The Morgan fingerprint density at radius 1 is 1.26 bits per heavy atom. The van der Waals surface area contributed by atoms with Gasteiger partial charge < -0.3 is 21.9 Å². The summed E-state index contributed by atoms with van der Waals surface area (Å²) in [5.41, 5.74) is 12.9. The summed E-state index contributed by atoms with van der Waals surface area (Å²) in [5, 5.41) is 13.2. The number of nitrogens with zero attached hydrogens (tertiary/aromatic N) is 1. The van der Waals surface area contributed by atoms with Crippen LogP contribution in [0.2, 0.25) is 0 Å². The molecule has 6 N–H and O–H groups in total. The number of phenolic OH excluding ortho intramolecular Hbond substituents is 1. The molecule has 7 heteroatoms. The van der Waals surface area contributed by atoms with Gasteiger partial charge in [0, 0.05) is 11.3 Å². The number of hydrogen-bond acceptors (Lipinski definition) is 6. The molecule has 0 saturated heterocycles. The number of hydrogen-bond donors (Lipinski definition) is 4. The van der Waals surface area contributed by atoms with Gasteiger partial charge in [-0.2, -0.15) is 0 Å². The van der Waals surface area contributed by atoms with Crippen molar-refractivity contribution in [3.63, 3.8) is 0 Å². The molecule has 3 aromatic rings. The van der Waals surface area contributed by atoms with Crippen LogP contribution in [0.15, 0.2) is 30.3 Å². The van der Waals surface area contributed by atoms with Crippen molar-refractivity contribution in [2.45, 2.75) is 0 Å². The van der Waals surface area contributed by atoms with E-state index in [9.17, 15) is 9.50 Å². The molecule has 3 rings (SSSR count). The van der Waals surface area contributed by atoms with Crippen molar-refractivity contribution in [3.05, 3.63) is 41.7 Å². The number of nitrogens with two attached hydrogens (primary N) is 2. The second-order valence-corrected chi connectivity index (χ2v) is 5.85. The number of thiazole rings is 1. The molecule has 1 aromatic heterocycles. The van der Waals surface area contributed by atoms with Gasteiger partial charge in [0.15, 0.2) is 5.13 Å². The van der Waals surface area contributed by atoms with Gasteiger partial charge in [-0.25, -0.2) is 9.37 Å². The Morgan fingerprint density at radius 2 is 2.09 bits per heavy atom. The van der Waals surface area contributed by atoms with Gasteiger partial charge in [0.1, 0.15) is 17.1 Å². The van der Waals surface area contributed by atoms with Crippen LogP contribution in [0.25, 0.3) is 10.2 Å². The average molecular weight is 328 g/mol. The summed E-state index contributed by atoms with van der Waals surface area (Å²) >= 11 is 1.28. The number of aromatic nitrogens is 1. The predicted octanol–water partition coefficient (Wildman–Crippen LogP) is 2.77. The van der Waals surface area contributed by atoms with Crippen molar-refractivity contribution >= 4 is 38.1 Å². The third kappa shape index (κ3) is 3.27. The standard InChI is InChI=1S/C16H13FN4OS/c17-11-8-10(18)3-4-12(11)20-5-1-2-9-6-13(22)15-14(7-9)23-16(19)21-15/h3-4,6-8,20,22H,5,18H2,(H2,19,21). The van der Waals surface area contributed by atoms with Crippen molar-refractivity contribution < 1.29 is 9.50 Å². The second kappa shape index (κ2) is 6.02. The fourth-order valence-corrected chi connectivity index (χ4v) is 2.86. The van der Waals surface area contributed by atoms with Crippen molar-refractivity contribution in [3.8, 4) is 17.6 Å². The molecule has 0 spiro atoms. The van der Waals surface area contributed by atoms with Gasteiger partial charge in [0.2, 0.25) is 0 Å². The van der Waals surface area contributed by atoms with E-state index in [-0.39, 0.29) is 12.3 Å². The summed E-state index contributed by atoms with van der Waals surface area (Å²) in [6, 6.07) is 7.75. The van der Waals surface area contributed by atoms with E-state index in [1.807, 2.05) is 0 Å². The summed E-state index contributed by atoms with van der Waals surface area (Å²) in [7, 11) is 0. The van der Waals surface area contributed by atoms with Crippen LogP contribution < -0.4 is 16.8 Å². The minimum absolute atomic E-state index is 0.0392. The molecule has 0 radical (unpaired) electrons. The Labute approximate surface area is 135 Å². The highest BCUT2D eigenvalue weighted by molar-refractivity contribution is 7.22. The second-order valence-electron chi connectivity index (χ2n) is 4.79. The van der Waals surface area contributed by atoms with Crippen LogP contribution in [-0.2, 0) is 0 Å². The lowest BCUT2D eigenvalue weighted by atomic mass is 10.2. The number of phenols is 1. The molecule has 0 atom stereocenters. The largest absolute Gasteiger partial charge is 0.506 e. The smallest absolute Gasteiger partial charge is 0.181 e. The van der Waals surface area contributed by atoms with E-state index in [0.29, 0.717) is 27.6 Å². The van der Waals surface area contributed by atoms with E-state index >= 15 is 0 Å². The monoisotopic (exact) mass is 328 g/mol. The molecule has 5 nitrogen and oxygen atoms in total. The number of benzene rings is 2. The first-order chi connectivity index (χ1) is 11.0. The van der Waals surface area contributed by atoms with Gasteiger partial charge >= 0.3 is 0 Å². The van der Waals surface area contributed by atoms with Crippen molar-refractivity contribution in [2.75, 3.05) is 23.3 Å². The van der Waals surface area contributed by atoms with Gasteiger partial charge in [-0.3, -0.25) is 0 Å². The van der Waals surface area contributed by atoms with E-state index in [4.69, 9.17) is 11.5 Å². The van der Waals surface area contributed by atoms with Crippen LogP contribution in [0, 0.1) is 17.7 Å². The minimum Gasteiger partial charge on any atom is -0.506 e. The lowest BCUT2D eigenvalue weighted by Crippen LogP contribution is -2.01. The van der Waals surface area contributed by atoms with E-state index in [2.05, 4.69) is 22.1 Å². The van der Waals surface area contributed by atoms with Crippen molar-refractivity contribution in [1.29, 1.82) is 0 Å². The summed E-state index contributed by atoms with van der Waals surface area (Å²) in [6.07, 6.45) is 0. The summed E-state index contributed by atoms with van der Waals surface area (Å²) in [4.78, 5) is 4.04. The normalized spacial score (nSPS) is 10.3. The van der Waals surface area contributed by atoms with Crippen LogP contribution in [0.1, 0.15) is 5.56 Å². The zero-order chi connectivity index (χ0) is 16.4. The fourth-order valence-electron chi connectivity index (χ4n) is 2.06. The Hall–Kier alpha value is -2.98. The highest BCUT2D eigenvalue weighted by atomic mass is 32.1. The Balaban J connectivity index is 1.74. The summed E-state index contributed by atoms with van der Waals surface area (Å²) in [6.45, 7) is 0.254. The van der Waals surface area contributed by atoms with Crippen LogP contribution in [0.3, 0.4) is 0 Å². The van der Waals surface area contributed by atoms with E-state index in [0.717, 1.165) is 4.70 Å². The molecule has 0 saturated carbocycles. The first-order valence-corrected chi connectivity index (χ1v) is 7.51. The first kappa shape index (κ1) is 14.9. The number of nitrogen functional groups attached to an aromatic ring is 2. The molecular weight excluding hydrogens is 315 g/mol. The average Bonchev–Trinajstić information content (AvgIpc) is 2.86. The Morgan fingerprint density at radius 3 is 2.87 bits per heavy atom. The zero-order valence-electron chi connectivity index (χ0n) is 11.9. The third-order valence-corrected chi connectivity index (χ3v) is 3.92. The van der Waals surface area contributed by atoms with Crippen molar-refractivity contribution in [2.24, 2.45) is 0 Å². The Bertz CT molecular complexity index is 942. The third-order valence-electron chi connectivity index (χ3n) is 3.08. The van der Waals surface area contributed by atoms with Gasteiger partial charge in [-0.05, 0) is 30.3 Å². The van der Waals surface area contributed by atoms with E-state index < -0.39 is 5.82 Å². The van der Waals surface area contributed by atoms with E-state index in [1.54, 1.807) is 18.2 Å². The molecule has 0 fully saturated rings. The number of aromatic hydroxyl groups is 1. The highest BCUT2D eigenvalue weighted by Crippen LogP contribution is 2.31. The molecule has 1 heterocycles. The molecule has 116 valence electrons. The maximum absolute atomic E-state index is 13.6. The quantitative estimate of drug-likeness (QED) is 0.428. The highest BCUT2D eigenvalue weighted by Gasteiger charge is 2.07. The molecular formula is C16H13FN4OS. The molecule has 2 aromatic carbocycles. The van der Waals surface area contributed by atoms with Gasteiger partial charge in [-0.15, -0.1) is 0 Å². The van der Waals surface area contributed by atoms with Crippen LogP contribution in [-0.4, -0.2) is 16.6 Å². The maximum Gasteiger partial charge on any atom is 0.181 e. The van der Waals surface area contributed by atoms with Crippen LogP contribution >= 0.6 is 11.3 Å². The topological polar surface area (TPSA) is 97.2 Å². The zero-order valence-corrected chi connectivity index (χ0v) is 12.7. The fraction of sp³-hybridized carbons (Fsp3) is 0.0625. The van der Waals surface area contributed by atoms with Gasteiger partial charge in [0.05, 0.1) is 16.9 Å². The van der Waals surface area contributed by atoms with Gasteiger partial charge in [-0.1, -0.05) is 23.2 Å².